The molecule has 0 heterocycles. The summed E-state index contributed by atoms with van der Waals surface area (Å²) in [6, 6.07) is 5.81. The Morgan fingerprint density at radius 3 is 2.38 bits per heavy atom. The van der Waals surface area contributed by atoms with Crippen molar-refractivity contribution in [1.29, 1.82) is 0 Å². The molecule has 0 bridgehead atoms. The van der Waals surface area contributed by atoms with E-state index in [2.05, 4.69) is 4.74 Å². The van der Waals surface area contributed by atoms with Gasteiger partial charge in [0.2, 0.25) is 0 Å². The van der Waals surface area contributed by atoms with Crippen LogP contribution in [0.15, 0.2) is 24.3 Å². The number of likely N-dealkylation sites (N-methyl/N-ethyl adjacent to an activating group) is 1. The average Bonchev–Trinajstić information content (AvgIpc) is 2.28. The van der Waals surface area contributed by atoms with E-state index in [0.717, 1.165) is 0 Å². The van der Waals surface area contributed by atoms with Gasteiger partial charge in [-0.25, -0.2) is 0 Å². The van der Waals surface area contributed by atoms with Crippen LogP contribution < -0.4 is 0 Å². The third-order valence-electron chi connectivity index (χ3n) is 2.05. The normalized spacial score (nSPS) is 9.62. The Labute approximate surface area is 93.2 Å². The predicted molar refractivity (Wildman–Crippen MR) is 57.1 cm³/mol. The first-order valence-corrected chi connectivity index (χ1v) is 4.66. The maximum Gasteiger partial charge on any atom is 0.325 e. The van der Waals surface area contributed by atoms with Crippen molar-refractivity contribution in [1.82, 2.24) is 4.90 Å². The molecule has 1 amide bonds. The van der Waals surface area contributed by atoms with Gasteiger partial charge in [-0.3, -0.25) is 9.59 Å². The fourth-order valence-corrected chi connectivity index (χ4v) is 1.15. The number of nitrogens with zero attached hydrogens (tertiary/aromatic N) is 1. The highest BCUT2D eigenvalue weighted by molar-refractivity contribution is 5.95. The SMILES string of the molecule is COC(=O)CN(C)C(=O)c1ccc(O)cc1. The summed E-state index contributed by atoms with van der Waals surface area (Å²) in [5.74, 6) is -0.688. The number of hydrogen-bond acceptors (Lipinski definition) is 4. The number of amides is 1. The van der Waals surface area contributed by atoms with Gasteiger partial charge in [0.15, 0.2) is 0 Å². The van der Waals surface area contributed by atoms with Gasteiger partial charge in [0, 0.05) is 12.6 Å². The summed E-state index contributed by atoms with van der Waals surface area (Å²) >= 11 is 0. The molecule has 1 aromatic rings. The van der Waals surface area contributed by atoms with Crippen molar-refractivity contribution >= 4 is 11.9 Å². The highest BCUT2D eigenvalue weighted by atomic mass is 16.5. The zero-order valence-electron chi connectivity index (χ0n) is 9.14. The van der Waals surface area contributed by atoms with Crippen LogP contribution in [-0.2, 0) is 9.53 Å². The summed E-state index contributed by atoms with van der Waals surface area (Å²) in [5.41, 5.74) is 0.407. The van der Waals surface area contributed by atoms with Gasteiger partial charge < -0.3 is 14.7 Å². The molecule has 0 saturated carbocycles. The standard InChI is InChI=1S/C11H13NO4/c1-12(7-10(14)16-2)11(15)8-3-5-9(13)6-4-8/h3-6,13H,7H2,1-2H3. The maximum atomic E-state index is 11.7. The minimum atomic E-state index is -0.477. The van der Waals surface area contributed by atoms with Crippen LogP contribution in [0, 0.1) is 0 Å². The Balaban J connectivity index is 2.70. The lowest BCUT2D eigenvalue weighted by atomic mass is 10.2. The Kier molecular flexibility index (Phi) is 3.88. The van der Waals surface area contributed by atoms with E-state index in [1.807, 2.05) is 0 Å². The van der Waals surface area contributed by atoms with Crippen molar-refractivity contribution in [3.8, 4) is 5.75 Å². The van der Waals surface area contributed by atoms with Gasteiger partial charge in [-0.15, -0.1) is 0 Å². The highest BCUT2D eigenvalue weighted by Crippen LogP contribution is 2.11. The van der Waals surface area contributed by atoms with Gasteiger partial charge in [-0.05, 0) is 24.3 Å². The van der Waals surface area contributed by atoms with Crippen LogP contribution in [0.1, 0.15) is 10.4 Å². The van der Waals surface area contributed by atoms with Gasteiger partial charge in [-0.2, -0.15) is 0 Å². The molecule has 5 heteroatoms. The first-order chi connectivity index (χ1) is 7.54. The van der Waals surface area contributed by atoms with E-state index < -0.39 is 5.97 Å². The third kappa shape index (κ3) is 2.98. The highest BCUT2D eigenvalue weighted by Gasteiger charge is 2.14. The van der Waals surface area contributed by atoms with Crippen LogP contribution in [-0.4, -0.2) is 42.6 Å². The molecule has 5 nitrogen and oxygen atoms in total. The Hall–Kier alpha value is -2.04. The molecular weight excluding hydrogens is 210 g/mol. The predicted octanol–water partition coefficient (Wildman–Crippen LogP) is 0.637. The maximum absolute atomic E-state index is 11.7. The lowest BCUT2D eigenvalue weighted by Crippen LogP contribution is -2.32. The number of benzene rings is 1. The second-order valence-electron chi connectivity index (χ2n) is 3.28. The Bertz CT molecular complexity index is 385. The number of carbonyl (C=O) groups is 2. The van der Waals surface area contributed by atoms with Crippen LogP contribution >= 0.6 is 0 Å². The molecule has 0 aliphatic heterocycles. The molecule has 0 aliphatic carbocycles. The molecule has 1 N–H and O–H groups in total. The topological polar surface area (TPSA) is 66.8 Å². The first kappa shape index (κ1) is 12.0. The average molecular weight is 223 g/mol. The van der Waals surface area contributed by atoms with Crippen molar-refractivity contribution in [2.24, 2.45) is 0 Å². The lowest BCUT2D eigenvalue weighted by Gasteiger charge is -2.15. The zero-order valence-corrected chi connectivity index (χ0v) is 9.14. The number of ether oxygens (including phenoxy) is 1. The molecule has 0 unspecified atom stereocenters. The van der Waals surface area contributed by atoms with Gasteiger partial charge in [0.05, 0.1) is 7.11 Å². The summed E-state index contributed by atoms with van der Waals surface area (Å²) in [4.78, 5) is 23.9. The molecule has 1 rings (SSSR count). The van der Waals surface area contributed by atoms with Crippen molar-refractivity contribution in [3.05, 3.63) is 29.8 Å². The molecule has 86 valence electrons. The quantitative estimate of drug-likeness (QED) is 0.763. The van der Waals surface area contributed by atoms with Gasteiger partial charge in [-0.1, -0.05) is 0 Å². The van der Waals surface area contributed by atoms with Gasteiger partial charge >= 0.3 is 5.97 Å². The van der Waals surface area contributed by atoms with E-state index in [-0.39, 0.29) is 18.2 Å². The number of hydrogen-bond donors (Lipinski definition) is 1. The molecule has 0 radical (unpaired) electrons. The number of phenolic OH excluding ortho intramolecular Hbond substituents is 1. The molecule has 0 spiro atoms. The fourth-order valence-electron chi connectivity index (χ4n) is 1.15. The third-order valence-corrected chi connectivity index (χ3v) is 2.05. The van der Waals surface area contributed by atoms with E-state index in [4.69, 9.17) is 5.11 Å². The number of rotatable bonds is 3. The smallest absolute Gasteiger partial charge is 0.325 e. The number of aromatic hydroxyl groups is 1. The molecule has 1 aromatic carbocycles. The van der Waals surface area contributed by atoms with E-state index >= 15 is 0 Å². The largest absolute Gasteiger partial charge is 0.508 e. The summed E-state index contributed by atoms with van der Waals surface area (Å²) < 4.78 is 4.45. The Morgan fingerprint density at radius 1 is 1.31 bits per heavy atom. The number of methoxy groups -OCH3 is 1. The summed E-state index contributed by atoms with van der Waals surface area (Å²) in [6.45, 7) is -0.101. The van der Waals surface area contributed by atoms with Crippen molar-refractivity contribution in [2.75, 3.05) is 20.7 Å². The van der Waals surface area contributed by atoms with Crippen LogP contribution in [0.25, 0.3) is 0 Å². The number of carbonyl (C=O) groups excluding carboxylic acids is 2. The van der Waals surface area contributed by atoms with E-state index in [1.165, 1.54) is 43.3 Å². The van der Waals surface area contributed by atoms with Gasteiger partial charge in [0.25, 0.3) is 5.91 Å². The second kappa shape index (κ2) is 5.16. The number of phenols is 1. The zero-order chi connectivity index (χ0) is 12.1. The summed E-state index contributed by atoms with van der Waals surface area (Å²) in [5, 5.41) is 9.06. The molecule has 0 aliphatic rings. The minimum Gasteiger partial charge on any atom is -0.508 e. The van der Waals surface area contributed by atoms with E-state index in [0.29, 0.717) is 5.56 Å². The molecular formula is C11H13NO4. The molecule has 0 atom stereocenters. The fraction of sp³-hybridized carbons (Fsp3) is 0.273. The Morgan fingerprint density at radius 2 is 1.88 bits per heavy atom. The van der Waals surface area contributed by atoms with Crippen LogP contribution in [0.4, 0.5) is 0 Å². The van der Waals surface area contributed by atoms with Crippen LogP contribution in [0.3, 0.4) is 0 Å². The molecule has 0 saturated heterocycles. The van der Waals surface area contributed by atoms with Crippen LogP contribution in [0.5, 0.6) is 5.75 Å². The van der Waals surface area contributed by atoms with Gasteiger partial charge in [0.1, 0.15) is 12.3 Å². The first-order valence-electron chi connectivity index (χ1n) is 4.66. The molecule has 0 fully saturated rings. The molecule has 16 heavy (non-hydrogen) atoms. The van der Waals surface area contributed by atoms with Crippen molar-refractivity contribution in [3.63, 3.8) is 0 Å². The molecule has 0 aromatic heterocycles. The monoisotopic (exact) mass is 223 g/mol. The lowest BCUT2D eigenvalue weighted by molar-refractivity contribution is -0.141. The second-order valence-corrected chi connectivity index (χ2v) is 3.28. The van der Waals surface area contributed by atoms with Crippen LogP contribution in [0.2, 0.25) is 0 Å². The summed E-state index contributed by atoms with van der Waals surface area (Å²) in [7, 11) is 2.77. The van der Waals surface area contributed by atoms with E-state index in [9.17, 15) is 9.59 Å². The number of esters is 1. The minimum absolute atomic E-state index is 0.0900. The van der Waals surface area contributed by atoms with E-state index in [1.54, 1.807) is 0 Å². The van der Waals surface area contributed by atoms with Crippen molar-refractivity contribution in [2.45, 2.75) is 0 Å². The summed E-state index contributed by atoms with van der Waals surface area (Å²) in [6.07, 6.45) is 0. The van der Waals surface area contributed by atoms with Crippen molar-refractivity contribution < 1.29 is 19.4 Å².